The van der Waals surface area contributed by atoms with Crippen molar-refractivity contribution in [3.63, 3.8) is 0 Å². The molecule has 3 N–H and O–H groups in total. The summed E-state index contributed by atoms with van der Waals surface area (Å²) in [6, 6.07) is 4.85. The number of benzene rings is 1. The van der Waals surface area contributed by atoms with Crippen LogP contribution >= 0.6 is 23.2 Å². The number of oxazole rings is 1. The number of rotatable bonds is 8. The quantitative estimate of drug-likeness (QED) is 0.426. The Kier molecular flexibility index (Phi) is 7.60. The number of amides is 1. The second-order valence-corrected chi connectivity index (χ2v) is 8.99. The molecule has 1 atom stereocenters. The summed E-state index contributed by atoms with van der Waals surface area (Å²) in [4.78, 5) is 21.3. The second kappa shape index (κ2) is 10.6. The van der Waals surface area contributed by atoms with E-state index >= 15 is 0 Å². The van der Waals surface area contributed by atoms with Gasteiger partial charge in [-0.3, -0.25) is 9.78 Å². The Bertz CT molecular complexity index is 1160. The highest BCUT2D eigenvalue weighted by atomic mass is 35.5. The predicted octanol–water partition coefficient (Wildman–Crippen LogP) is 5.32. The van der Waals surface area contributed by atoms with Crippen molar-refractivity contribution in [1.82, 2.24) is 15.3 Å². The number of methoxy groups -OCH3 is 1. The zero-order valence-electron chi connectivity index (χ0n) is 18.9. The maximum Gasteiger partial charge on any atom is 0.273 e. The van der Waals surface area contributed by atoms with Crippen molar-refractivity contribution in [2.45, 2.75) is 51.3 Å². The van der Waals surface area contributed by atoms with Gasteiger partial charge in [-0.25, -0.2) is 4.98 Å². The van der Waals surface area contributed by atoms with Gasteiger partial charge in [0.2, 0.25) is 5.89 Å². The fourth-order valence-electron chi connectivity index (χ4n) is 3.87. The Morgan fingerprint density at radius 2 is 1.94 bits per heavy atom. The number of ether oxygens (including phenoxy) is 2. The van der Waals surface area contributed by atoms with Gasteiger partial charge in [-0.15, -0.1) is 0 Å². The second-order valence-electron chi connectivity index (χ2n) is 8.17. The Hall–Kier alpha value is -2.81. The zero-order chi connectivity index (χ0) is 24.2. The minimum atomic E-state index is -0.553. The molecule has 1 aliphatic carbocycles. The van der Waals surface area contributed by atoms with Crippen LogP contribution in [0.1, 0.15) is 60.5 Å². The van der Waals surface area contributed by atoms with Crippen LogP contribution in [-0.4, -0.2) is 29.1 Å². The first-order chi connectivity index (χ1) is 16.4. The minimum Gasteiger partial charge on any atom is -0.493 e. The number of carbonyl (C=O) groups is 1. The first-order valence-electron chi connectivity index (χ1n) is 11.0. The number of nitrogens with one attached hydrogen (secondary N) is 1. The largest absolute Gasteiger partial charge is 0.493 e. The molecule has 0 bridgehead atoms. The molecule has 0 aliphatic heterocycles. The Morgan fingerprint density at radius 1 is 1.24 bits per heavy atom. The fraction of sp³-hybridized carbons (Fsp3) is 0.375. The van der Waals surface area contributed by atoms with Crippen molar-refractivity contribution in [3.05, 3.63) is 57.7 Å². The number of hydrogen-bond acceptors (Lipinski definition) is 7. The average molecular weight is 505 g/mol. The fourth-order valence-corrected chi connectivity index (χ4v) is 4.37. The van der Waals surface area contributed by atoms with Crippen molar-refractivity contribution in [1.29, 1.82) is 0 Å². The molecular weight excluding hydrogens is 479 g/mol. The summed E-state index contributed by atoms with van der Waals surface area (Å²) in [5.41, 5.74) is 7.38. The normalized spacial score (nSPS) is 14.7. The van der Waals surface area contributed by atoms with E-state index in [0.29, 0.717) is 32.7 Å². The molecule has 1 fully saturated rings. The number of pyridine rings is 1. The zero-order valence-corrected chi connectivity index (χ0v) is 20.4. The third-order valence-electron chi connectivity index (χ3n) is 5.67. The number of carbonyl (C=O) groups excluding carboxylic acids is 1. The van der Waals surface area contributed by atoms with Gasteiger partial charge in [0.1, 0.15) is 0 Å². The van der Waals surface area contributed by atoms with E-state index in [1.54, 1.807) is 26.2 Å². The van der Waals surface area contributed by atoms with Crippen molar-refractivity contribution in [2.24, 2.45) is 5.73 Å². The third-order valence-corrected chi connectivity index (χ3v) is 6.32. The molecule has 1 aromatic carbocycles. The van der Waals surface area contributed by atoms with E-state index < -0.39 is 11.9 Å². The molecule has 1 saturated carbocycles. The monoisotopic (exact) mass is 504 g/mol. The SMILES string of the molecule is COc1ccc(-c2nc(C(=O)NCc3c(Cl)cncc3Cl)c([C@H](C)N)o2)cc1OC1CCCC1. The van der Waals surface area contributed by atoms with Crippen LogP contribution in [0, 0.1) is 0 Å². The van der Waals surface area contributed by atoms with Crippen LogP contribution in [0.25, 0.3) is 11.5 Å². The van der Waals surface area contributed by atoms with Crippen LogP contribution < -0.4 is 20.5 Å². The van der Waals surface area contributed by atoms with Crippen molar-refractivity contribution >= 4 is 29.1 Å². The lowest BCUT2D eigenvalue weighted by atomic mass is 10.2. The number of nitrogens with two attached hydrogens (primary N) is 1. The highest BCUT2D eigenvalue weighted by molar-refractivity contribution is 6.35. The van der Waals surface area contributed by atoms with Gasteiger partial charge < -0.3 is 24.9 Å². The van der Waals surface area contributed by atoms with Gasteiger partial charge in [0.05, 0.1) is 29.3 Å². The third kappa shape index (κ3) is 5.29. The molecule has 10 heteroatoms. The summed E-state index contributed by atoms with van der Waals surface area (Å²) in [6.07, 6.45) is 7.41. The first-order valence-corrected chi connectivity index (χ1v) is 11.8. The average Bonchev–Trinajstić information content (AvgIpc) is 3.49. The van der Waals surface area contributed by atoms with Gasteiger partial charge in [-0.05, 0) is 50.8 Å². The van der Waals surface area contributed by atoms with Crippen LogP contribution in [0.2, 0.25) is 10.0 Å². The highest BCUT2D eigenvalue weighted by Crippen LogP contribution is 2.36. The molecule has 2 aromatic heterocycles. The van der Waals surface area contributed by atoms with Crippen LogP contribution in [0.3, 0.4) is 0 Å². The van der Waals surface area contributed by atoms with Gasteiger partial charge >= 0.3 is 0 Å². The predicted molar refractivity (Wildman–Crippen MR) is 129 cm³/mol. The molecule has 180 valence electrons. The van der Waals surface area contributed by atoms with E-state index in [-0.39, 0.29) is 30.0 Å². The summed E-state index contributed by atoms with van der Waals surface area (Å²) >= 11 is 12.3. The van der Waals surface area contributed by atoms with E-state index in [1.807, 2.05) is 6.07 Å². The maximum absolute atomic E-state index is 13.0. The van der Waals surface area contributed by atoms with Gasteiger partial charge in [0, 0.05) is 30.1 Å². The molecule has 2 heterocycles. The molecule has 34 heavy (non-hydrogen) atoms. The Balaban J connectivity index is 1.60. The molecule has 1 amide bonds. The van der Waals surface area contributed by atoms with E-state index in [1.165, 1.54) is 12.4 Å². The molecular formula is C24H26Cl2N4O4. The van der Waals surface area contributed by atoms with Crippen molar-refractivity contribution < 1.29 is 18.7 Å². The summed E-state index contributed by atoms with van der Waals surface area (Å²) in [5, 5.41) is 3.49. The smallest absolute Gasteiger partial charge is 0.273 e. The first kappa shape index (κ1) is 24.3. The van der Waals surface area contributed by atoms with E-state index in [2.05, 4.69) is 15.3 Å². The molecule has 8 nitrogen and oxygen atoms in total. The van der Waals surface area contributed by atoms with E-state index in [9.17, 15) is 4.79 Å². The Morgan fingerprint density at radius 3 is 2.59 bits per heavy atom. The van der Waals surface area contributed by atoms with Crippen molar-refractivity contribution in [2.75, 3.05) is 7.11 Å². The van der Waals surface area contributed by atoms with Gasteiger partial charge in [-0.1, -0.05) is 23.2 Å². The minimum absolute atomic E-state index is 0.0976. The van der Waals surface area contributed by atoms with E-state index in [4.69, 9.17) is 42.8 Å². The molecule has 0 spiro atoms. The molecule has 3 aromatic rings. The van der Waals surface area contributed by atoms with Gasteiger partial charge in [0.15, 0.2) is 23.0 Å². The van der Waals surface area contributed by atoms with Crippen LogP contribution in [0.4, 0.5) is 0 Å². The topological polar surface area (TPSA) is 112 Å². The van der Waals surface area contributed by atoms with Gasteiger partial charge in [-0.2, -0.15) is 0 Å². The van der Waals surface area contributed by atoms with Crippen LogP contribution in [0.5, 0.6) is 11.5 Å². The molecule has 0 unspecified atom stereocenters. The summed E-state index contributed by atoms with van der Waals surface area (Å²) in [7, 11) is 1.60. The maximum atomic E-state index is 13.0. The summed E-state index contributed by atoms with van der Waals surface area (Å²) in [6.45, 7) is 1.82. The lowest BCUT2D eigenvalue weighted by Crippen LogP contribution is -2.25. The number of nitrogens with zero attached hydrogens (tertiary/aromatic N) is 2. The molecule has 0 radical (unpaired) electrons. The summed E-state index contributed by atoms with van der Waals surface area (Å²) < 4.78 is 17.6. The lowest BCUT2D eigenvalue weighted by molar-refractivity contribution is 0.0944. The highest BCUT2D eigenvalue weighted by Gasteiger charge is 2.25. The Labute approximate surface area is 207 Å². The van der Waals surface area contributed by atoms with Gasteiger partial charge in [0.25, 0.3) is 5.91 Å². The summed E-state index contributed by atoms with van der Waals surface area (Å²) in [5.74, 6) is 1.31. The lowest BCUT2D eigenvalue weighted by Gasteiger charge is -2.16. The molecule has 4 rings (SSSR count). The number of aromatic nitrogens is 2. The molecule has 0 saturated heterocycles. The number of halogens is 2. The molecule has 1 aliphatic rings. The number of hydrogen-bond donors (Lipinski definition) is 2. The van der Waals surface area contributed by atoms with Crippen LogP contribution in [0.15, 0.2) is 35.0 Å². The van der Waals surface area contributed by atoms with Crippen LogP contribution in [-0.2, 0) is 6.54 Å². The van der Waals surface area contributed by atoms with E-state index in [0.717, 1.165) is 25.7 Å². The van der Waals surface area contributed by atoms with Crippen molar-refractivity contribution in [3.8, 4) is 23.0 Å². The standard InChI is InChI=1S/C24H26Cl2N4O4/c1-13(27)22-21(23(31)29-10-16-17(25)11-28-12-18(16)26)30-24(34-22)14-7-8-19(32-2)20(9-14)33-15-5-3-4-6-15/h7-9,11-13,15H,3-6,10,27H2,1-2H3,(H,29,31)/t13-/m0/s1.